The zero-order valence-corrected chi connectivity index (χ0v) is 18.1. The third-order valence-corrected chi connectivity index (χ3v) is 7.65. The summed E-state index contributed by atoms with van der Waals surface area (Å²) in [5, 5.41) is 4.15. The highest BCUT2D eigenvalue weighted by atomic mass is 32.1. The summed E-state index contributed by atoms with van der Waals surface area (Å²) in [6.07, 6.45) is 1.33. The molecular weight excluding hydrogens is 406 g/mol. The van der Waals surface area contributed by atoms with Crippen molar-refractivity contribution < 1.29 is 14.4 Å². The number of fused-ring (bicyclic) bond motifs is 1. The van der Waals surface area contributed by atoms with Crippen LogP contribution in [0.25, 0.3) is 0 Å². The van der Waals surface area contributed by atoms with Gasteiger partial charge in [-0.05, 0) is 34.9 Å². The van der Waals surface area contributed by atoms with Gasteiger partial charge in [0.2, 0.25) is 17.7 Å². The number of nitrogens with zero attached hydrogens (tertiary/aromatic N) is 3. The summed E-state index contributed by atoms with van der Waals surface area (Å²) in [5.41, 5.74) is 1.23. The van der Waals surface area contributed by atoms with Gasteiger partial charge in [-0.25, -0.2) is 0 Å². The Bertz CT molecular complexity index is 885. The molecule has 0 unspecified atom stereocenters. The maximum absolute atomic E-state index is 13.1. The van der Waals surface area contributed by atoms with E-state index in [-0.39, 0.29) is 36.6 Å². The van der Waals surface area contributed by atoms with Crippen LogP contribution in [0.15, 0.2) is 29.0 Å². The fraction of sp³-hybridized carbons (Fsp3) is 0.476. The minimum Gasteiger partial charge on any atom is -0.339 e. The Kier molecular flexibility index (Phi) is 6.01. The maximum Gasteiger partial charge on any atom is 0.223 e. The molecule has 4 heterocycles. The SMILES string of the molecule is CC(=O)N1CCN(C(=O)CCC(=O)N2CCc3sccc3[C@H]2c2cccs2)CC1. The summed E-state index contributed by atoms with van der Waals surface area (Å²) in [7, 11) is 0. The molecule has 0 spiro atoms. The van der Waals surface area contributed by atoms with Crippen LogP contribution < -0.4 is 0 Å². The number of piperazine rings is 1. The molecule has 29 heavy (non-hydrogen) atoms. The normalized spacial score (nSPS) is 19.2. The van der Waals surface area contributed by atoms with Crippen molar-refractivity contribution in [1.82, 2.24) is 14.7 Å². The lowest BCUT2D eigenvalue weighted by Gasteiger charge is -2.36. The molecule has 0 N–H and O–H groups in total. The summed E-state index contributed by atoms with van der Waals surface area (Å²) in [5.74, 6) is 0.0863. The van der Waals surface area contributed by atoms with Crippen LogP contribution in [0.1, 0.15) is 41.1 Å². The van der Waals surface area contributed by atoms with E-state index in [0.29, 0.717) is 32.7 Å². The first-order valence-corrected chi connectivity index (χ1v) is 11.7. The van der Waals surface area contributed by atoms with Crippen LogP contribution in [0.4, 0.5) is 0 Å². The highest BCUT2D eigenvalue weighted by Gasteiger charge is 2.33. The zero-order valence-electron chi connectivity index (χ0n) is 16.5. The first-order valence-electron chi connectivity index (χ1n) is 9.97. The molecule has 0 bridgehead atoms. The molecule has 3 amide bonds. The Balaban J connectivity index is 1.38. The molecule has 8 heteroatoms. The lowest BCUT2D eigenvalue weighted by atomic mass is 9.98. The van der Waals surface area contributed by atoms with Crippen molar-refractivity contribution in [2.75, 3.05) is 32.7 Å². The molecule has 2 aromatic heterocycles. The van der Waals surface area contributed by atoms with E-state index in [1.165, 1.54) is 15.3 Å². The van der Waals surface area contributed by atoms with Gasteiger partial charge in [-0.15, -0.1) is 22.7 Å². The molecule has 4 rings (SSSR count). The molecule has 154 valence electrons. The standard InChI is InChI=1S/C21H25N3O3S2/c1-15(25)22-9-11-23(12-10-22)19(26)4-5-20(27)24-8-6-17-16(7-14-29-17)21(24)18-3-2-13-28-18/h2-3,7,13-14,21H,4-6,8-12H2,1H3/t21-/m0/s1. The fourth-order valence-corrected chi connectivity index (χ4v) is 5.88. The van der Waals surface area contributed by atoms with Crippen LogP contribution >= 0.6 is 22.7 Å². The van der Waals surface area contributed by atoms with Crippen LogP contribution in [0.3, 0.4) is 0 Å². The molecule has 6 nitrogen and oxygen atoms in total. The zero-order chi connectivity index (χ0) is 20.4. The predicted octanol–water partition coefficient (Wildman–Crippen LogP) is 2.75. The summed E-state index contributed by atoms with van der Waals surface area (Å²) in [6, 6.07) is 6.20. The van der Waals surface area contributed by atoms with Gasteiger partial charge in [0.1, 0.15) is 0 Å². The first kappa shape index (κ1) is 20.1. The summed E-state index contributed by atoms with van der Waals surface area (Å²) >= 11 is 3.43. The van der Waals surface area contributed by atoms with Gasteiger partial charge in [0, 0.05) is 62.2 Å². The van der Waals surface area contributed by atoms with Gasteiger partial charge in [0.05, 0.1) is 6.04 Å². The van der Waals surface area contributed by atoms with E-state index in [0.717, 1.165) is 6.42 Å². The van der Waals surface area contributed by atoms with Crippen LogP contribution in [0.2, 0.25) is 0 Å². The monoisotopic (exact) mass is 431 g/mol. The quantitative estimate of drug-likeness (QED) is 0.748. The van der Waals surface area contributed by atoms with Crippen LogP contribution in [-0.4, -0.2) is 65.1 Å². The first-order chi connectivity index (χ1) is 14.0. The number of carbonyl (C=O) groups excluding carboxylic acids is 3. The predicted molar refractivity (Wildman–Crippen MR) is 114 cm³/mol. The summed E-state index contributed by atoms with van der Waals surface area (Å²) in [4.78, 5) is 45.1. The van der Waals surface area contributed by atoms with Gasteiger partial charge in [-0.2, -0.15) is 0 Å². The van der Waals surface area contributed by atoms with E-state index >= 15 is 0 Å². The third kappa shape index (κ3) is 4.23. The number of amides is 3. The summed E-state index contributed by atoms with van der Waals surface area (Å²) < 4.78 is 0. The topological polar surface area (TPSA) is 60.9 Å². The van der Waals surface area contributed by atoms with Crippen molar-refractivity contribution >= 4 is 40.4 Å². The second-order valence-electron chi connectivity index (χ2n) is 7.44. The molecule has 2 aliphatic rings. The Morgan fingerprint density at radius 3 is 2.34 bits per heavy atom. The van der Waals surface area contributed by atoms with E-state index in [4.69, 9.17) is 0 Å². The molecule has 0 aromatic carbocycles. The molecule has 0 saturated carbocycles. The van der Waals surface area contributed by atoms with E-state index in [1.54, 1.807) is 39.4 Å². The highest BCUT2D eigenvalue weighted by molar-refractivity contribution is 7.10. The molecule has 2 aromatic rings. The van der Waals surface area contributed by atoms with Crippen molar-refractivity contribution in [2.45, 2.75) is 32.2 Å². The van der Waals surface area contributed by atoms with Crippen molar-refractivity contribution in [1.29, 1.82) is 0 Å². The molecule has 0 radical (unpaired) electrons. The van der Waals surface area contributed by atoms with E-state index in [9.17, 15) is 14.4 Å². The van der Waals surface area contributed by atoms with Crippen molar-refractivity contribution in [3.63, 3.8) is 0 Å². The van der Waals surface area contributed by atoms with E-state index < -0.39 is 0 Å². The van der Waals surface area contributed by atoms with E-state index in [1.807, 2.05) is 16.3 Å². The van der Waals surface area contributed by atoms with Crippen molar-refractivity contribution in [3.05, 3.63) is 44.3 Å². The van der Waals surface area contributed by atoms with Gasteiger partial charge in [-0.1, -0.05) is 6.07 Å². The molecule has 0 aliphatic carbocycles. The van der Waals surface area contributed by atoms with Crippen LogP contribution in [-0.2, 0) is 20.8 Å². The Morgan fingerprint density at radius 1 is 0.931 bits per heavy atom. The second kappa shape index (κ2) is 8.67. The molecule has 1 saturated heterocycles. The minimum atomic E-state index is -0.0355. The highest BCUT2D eigenvalue weighted by Crippen LogP contribution is 2.39. The van der Waals surface area contributed by atoms with Crippen molar-refractivity contribution in [3.8, 4) is 0 Å². The van der Waals surface area contributed by atoms with Crippen LogP contribution in [0, 0.1) is 0 Å². The maximum atomic E-state index is 13.1. The number of rotatable bonds is 4. The van der Waals surface area contributed by atoms with Gasteiger partial charge >= 0.3 is 0 Å². The van der Waals surface area contributed by atoms with Crippen molar-refractivity contribution in [2.24, 2.45) is 0 Å². The molecular formula is C21H25N3O3S2. The fourth-order valence-electron chi connectivity index (χ4n) is 4.13. The van der Waals surface area contributed by atoms with Gasteiger partial charge < -0.3 is 14.7 Å². The lowest BCUT2D eigenvalue weighted by Crippen LogP contribution is -2.50. The van der Waals surface area contributed by atoms with E-state index in [2.05, 4.69) is 17.5 Å². The Hall–Kier alpha value is -2.19. The minimum absolute atomic E-state index is 0.00228. The molecule has 1 fully saturated rings. The number of hydrogen-bond acceptors (Lipinski definition) is 5. The number of thiophene rings is 2. The molecule has 2 aliphatic heterocycles. The van der Waals surface area contributed by atoms with Gasteiger partial charge in [0.25, 0.3) is 0 Å². The van der Waals surface area contributed by atoms with Gasteiger partial charge in [-0.3, -0.25) is 14.4 Å². The lowest BCUT2D eigenvalue weighted by molar-refractivity contribution is -0.140. The summed E-state index contributed by atoms with van der Waals surface area (Å²) in [6.45, 7) is 4.49. The van der Waals surface area contributed by atoms with Crippen LogP contribution in [0.5, 0.6) is 0 Å². The number of hydrogen-bond donors (Lipinski definition) is 0. The largest absolute Gasteiger partial charge is 0.339 e. The smallest absolute Gasteiger partial charge is 0.223 e. The average Bonchev–Trinajstić information content (AvgIpc) is 3.42. The second-order valence-corrected chi connectivity index (χ2v) is 9.42. The number of carbonyl (C=O) groups is 3. The third-order valence-electron chi connectivity index (χ3n) is 5.73. The molecule has 1 atom stereocenters. The van der Waals surface area contributed by atoms with Gasteiger partial charge in [0.15, 0.2) is 0 Å². The average molecular weight is 432 g/mol. The Morgan fingerprint density at radius 2 is 1.66 bits per heavy atom. The Labute approximate surface area is 178 Å².